The average molecular weight is 349 g/mol. The Morgan fingerprint density at radius 1 is 1.31 bits per heavy atom. The van der Waals surface area contributed by atoms with Crippen LogP contribution in [0.15, 0.2) is 42.5 Å². The minimum atomic E-state index is -0.417. The van der Waals surface area contributed by atoms with Crippen LogP contribution in [0, 0.1) is 24.1 Å². The van der Waals surface area contributed by atoms with Gasteiger partial charge >= 0.3 is 5.97 Å². The van der Waals surface area contributed by atoms with Gasteiger partial charge in [-0.05, 0) is 43.3 Å². The van der Waals surface area contributed by atoms with Crippen molar-refractivity contribution < 1.29 is 13.9 Å². The molecule has 0 aliphatic carbocycles. The second-order valence-electron chi connectivity index (χ2n) is 5.78. The molecule has 2 aromatic carbocycles. The minimum Gasteiger partial charge on any atom is -0.469 e. The highest BCUT2D eigenvalue weighted by molar-refractivity contribution is 5.96. The number of hydrogen-bond donors (Lipinski definition) is 1. The van der Waals surface area contributed by atoms with Gasteiger partial charge in [0.25, 0.3) is 0 Å². The first kappa shape index (κ1) is 17.4. The summed E-state index contributed by atoms with van der Waals surface area (Å²) in [6, 6.07) is 13.3. The summed E-state index contributed by atoms with van der Waals surface area (Å²) in [4.78, 5) is 16.3. The summed E-state index contributed by atoms with van der Waals surface area (Å²) in [7, 11) is 1.31. The van der Waals surface area contributed by atoms with Gasteiger partial charge in [0.15, 0.2) is 0 Å². The number of hydrogen-bond acceptors (Lipinski definition) is 5. The molecule has 0 aliphatic rings. The Balaban J connectivity index is 2.21. The molecule has 3 rings (SSSR count). The highest BCUT2D eigenvalue weighted by Crippen LogP contribution is 2.32. The third kappa shape index (κ3) is 3.47. The average Bonchev–Trinajstić information content (AvgIpc) is 2.65. The largest absolute Gasteiger partial charge is 0.469 e. The van der Waals surface area contributed by atoms with Crippen LogP contribution in [0.4, 0.5) is 15.8 Å². The molecule has 0 fully saturated rings. The smallest absolute Gasteiger partial charge is 0.310 e. The SMILES string of the molecule is COC(=O)Cc1c(C)nc2ccc(F)cc2c1Nc1cccc(C#N)c1. The number of carbonyl (C=O) groups is 1. The van der Waals surface area contributed by atoms with Crippen LogP contribution in [0.25, 0.3) is 10.9 Å². The van der Waals surface area contributed by atoms with Crippen molar-refractivity contribution in [1.29, 1.82) is 5.26 Å². The maximum atomic E-state index is 13.8. The molecule has 0 aliphatic heterocycles. The topological polar surface area (TPSA) is 75.0 Å². The number of fused-ring (bicyclic) bond motifs is 1. The molecule has 0 radical (unpaired) electrons. The molecule has 0 spiro atoms. The highest BCUT2D eigenvalue weighted by atomic mass is 19.1. The molecule has 0 unspecified atom stereocenters. The van der Waals surface area contributed by atoms with E-state index in [0.29, 0.717) is 39.1 Å². The van der Waals surface area contributed by atoms with Gasteiger partial charge in [0, 0.05) is 22.3 Å². The van der Waals surface area contributed by atoms with Crippen LogP contribution in [0.2, 0.25) is 0 Å². The number of anilines is 2. The van der Waals surface area contributed by atoms with Crippen molar-refractivity contribution in [2.75, 3.05) is 12.4 Å². The fourth-order valence-corrected chi connectivity index (χ4v) is 2.78. The summed E-state index contributed by atoms with van der Waals surface area (Å²) in [6.45, 7) is 1.79. The third-order valence-electron chi connectivity index (χ3n) is 4.06. The van der Waals surface area contributed by atoms with Crippen molar-refractivity contribution in [2.24, 2.45) is 0 Å². The first-order valence-electron chi connectivity index (χ1n) is 7.94. The standard InChI is InChI=1S/C20H16FN3O2/c1-12-16(10-19(25)26-2)20(17-9-14(21)6-7-18(17)23-12)24-15-5-3-4-13(8-15)11-22/h3-9H,10H2,1-2H3,(H,23,24). The van der Waals surface area contributed by atoms with E-state index in [-0.39, 0.29) is 6.42 Å². The van der Waals surface area contributed by atoms with Crippen molar-refractivity contribution in [2.45, 2.75) is 13.3 Å². The summed E-state index contributed by atoms with van der Waals surface area (Å²) >= 11 is 0. The molecular formula is C20H16FN3O2. The number of pyridine rings is 1. The Labute approximate surface area is 150 Å². The van der Waals surface area contributed by atoms with Crippen molar-refractivity contribution in [3.8, 4) is 6.07 Å². The Kier molecular flexibility index (Phi) is 4.81. The van der Waals surface area contributed by atoms with E-state index >= 15 is 0 Å². The Morgan fingerprint density at radius 2 is 2.12 bits per heavy atom. The van der Waals surface area contributed by atoms with Gasteiger partial charge < -0.3 is 10.1 Å². The molecule has 0 bridgehead atoms. The lowest BCUT2D eigenvalue weighted by Crippen LogP contribution is -2.10. The van der Waals surface area contributed by atoms with Gasteiger partial charge in [-0.3, -0.25) is 9.78 Å². The molecule has 1 heterocycles. The highest BCUT2D eigenvalue weighted by Gasteiger charge is 2.17. The van der Waals surface area contributed by atoms with E-state index in [9.17, 15) is 9.18 Å². The maximum absolute atomic E-state index is 13.8. The summed E-state index contributed by atoms with van der Waals surface area (Å²) in [6.07, 6.45) is 0.00204. The molecule has 0 saturated carbocycles. The predicted molar refractivity (Wildman–Crippen MR) is 96.6 cm³/mol. The normalized spacial score (nSPS) is 10.4. The molecule has 5 nitrogen and oxygen atoms in total. The number of aryl methyl sites for hydroxylation is 1. The number of nitriles is 1. The molecule has 3 aromatic rings. The zero-order valence-corrected chi connectivity index (χ0v) is 14.3. The van der Waals surface area contributed by atoms with Gasteiger partial charge in [-0.25, -0.2) is 4.39 Å². The van der Waals surface area contributed by atoms with Gasteiger partial charge in [-0.15, -0.1) is 0 Å². The summed E-state index contributed by atoms with van der Waals surface area (Å²) < 4.78 is 18.6. The van der Waals surface area contributed by atoms with Crippen LogP contribution >= 0.6 is 0 Å². The number of nitrogens with zero attached hydrogens (tertiary/aromatic N) is 2. The number of rotatable bonds is 4. The number of methoxy groups -OCH3 is 1. The summed E-state index contributed by atoms with van der Waals surface area (Å²) in [5, 5.41) is 12.9. The Bertz CT molecular complexity index is 1040. The Morgan fingerprint density at radius 3 is 2.85 bits per heavy atom. The van der Waals surface area contributed by atoms with Gasteiger partial charge in [-0.2, -0.15) is 5.26 Å². The first-order valence-corrected chi connectivity index (χ1v) is 7.94. The molecule has 6 heteroatoms. The second-order valence-corrected chi connectivity index (χ2v) is 5.78. The number of aromatic nitrogens is 1. The number of ether oxygens (including phenoxy) is 1. The predicted octanol–water partition coefficient (Wildman–Crippen LogP) is 4.01. The third-order valence-corrected chi connectivity index (χ3v) is 4.06. The monoisotopic (exact) mass is 349 g/mol. The fraction of sp³-hybridized carbons (Fsp3) is 0.150. The lowest BCUT2D eigenvalue weighted by atomic mass is 10.0. The zero-order chi connectivity index (χ0) is 18.7. The fourth-order valence-electron chi connectivity index (χ4n) is 2.78. The van der Waals surface area contributed by atoms with E-state index in [1.165, 1.54) is 19.2 Å². The van der Waals surface area contributed by atoms with E-state index < -0.39 is 11.8 Å². The Hall–Kier alpha value is -3.46. The zero-order valence-electron chi connectivity index (χ0n) is 14.3. The summed E-state index contributed by atoms with van der Waals surface area (Å²) in [5.41, 5.74) is 3.60. The van der Waals surface area contributed by atoms with Crippen LogP contribution in [0.5, 0.6) is 0 Å². The van der Waals surface area contributed by atoms with Crippen molar-refractivity contribution in [3.05, 3.63) is 65.1 Å². The number of carbonyl (C=O) groups excluding carboxylic acids is 1. The van der Waals surface area contributed by atoms with Gasteiger partial charge in [-0.1, -0.05) is 6.07 Å². The molecule has 0 saturated heterocycles. The van der Waals surface area contributed by atoms with Crippen LogP contribution < -0.4 is 5.32 Å². The van der Waals surface area contributed by atoms with E-state index in [1.807, 2.05) is 0 Å². The van der Waals surface area contributed by atoms with Gasteiger partial charge in [0.05, 0.1) is 36.4 Å². The second kappa shape index (κ2) is 7.19. The molecule has 0 atom stereocenters. The van der Waals surface area contributed by atoms with Crippen LogP contribution in [-0.2, 0) is 16.0 Å². The molecule has 0 amide bonds. The van der Waals surface area contributed by atoms with Crippen molar-refractivity contribution >= 4 is 28.2 Å². The first-order chi connectivity index (χ1) is 12.5. The number of halogens is 1. The van der Waals surface area contributed by atoms with Gasteiger partial charge in [0.1, 0.15) is 5.82 Å². The molecule has 1 aromatic heterocycles. The van der Waals surface area contributed by atoms with E-state index in [2.05, 4.69) is 16.4 Å². The molecule has 130 valence electrons. The van der Waals surface area contributed by atoms with E-state index in [1.54, 1.807) is 37.3 Å². The molecule has 1 N–H and O–H groups in total. The quantitative estimate of drug-likeness (QED) is 0.720. The van der Waals surface area contributed by atoms with Gasteiger partial charge in [0.2, 0.25) is 0 Å². The van der Waals surface area contributed by atoms with Crippen LogP contribution in [0.1, 0.15) is 16.8 Å². The number of benzene rings is 2. The van der Waals surface area contributed by atoms with Crippen LogP contribution in [-0.4, -0.2) is 18.1 Å². The van der Waals surface area contributed by atoms with Crippen molar-refractivity contribution in [1.82, 2.24) is 4.98 Å². The van der Waals surface area contributed by atoms with Crippen molar-refractivity contribution in [3.63, 3.8) is 0 Å². The minimum absolute atomic E-state index is 0.00204. The molecule has 26 heavy (non-hydrogen) atoms. The van der Waals surface area contributed by atoms with E-state index in [0.717, 1.165) is 0 Å². The summed E-state index contributed by atoms with van der Waals surface area (Å²) in [5.74, 6) is -0.819. The maximum Gasteiger partial charge on any atom is 0.310 e. The number of nitrogens with one attached hydrogen (secondary N) is 1. The van der Waals surface area contributed by atoms with Crippen LogP contribution in [0.3, 0.4) is 0 Å². The van der Waals surface area contributed by atoms with E-state index in [4.69, 9.17) is 10.00 Å². The molecular weight excluding hydrogens is 333 g/mol. The number of esters is 1. The lowest BCUT2D eigenvalue weighted by molar-refractivity contribution is -0.139. The lowest BCUT2D eigenvalue weighted by Gasteiger charge is -2.17.